The lowest BCUT2D eigenvalue weighted by Crippen LogP contribution is -2.29. The summed E-state index contributed by atoms with van der Waals surface area (Å²) in [5.41, 5.74) is 2.57. The quantitative estimate of drug-likeness (QED) is 0.342. The minimum atomic E-state index is -0.647. The van der Waals surface area contributed by atoms with Crippen molar-refractivity contribution >= 4 is 16.9 Å². The molecule has 3 rings (SSSR count). The number of fused-ring (bicyclic) bond motifs is 1. The third-order valence-electron chi connectivity index (χ3n) is 5.08. The van der Waals surface area contributed by atoms with E-state index < -0.39 is 6.10 Å². The van der Waals surface area contributed by atoms with Crippen molar-refractivity contribution in [3.05, 3.63) is 59.8 Å². The maximum atomic E-state index is 12.2. The van der Waals surface area contributed by atoms with E-state index in [0.29, 0.717) is 25.4 Å². The fourth-order valence-corrected chi connectivity index (χ4v) is 3.58. The molecule has 1 atom stereocenters. The second-order valence-electron chi connectivity index (χ2n) is 8.00. The maximum Gasteiger partial charge on any atom is 0.335 e. The van der Waals surface area contributed by atoms with Crippen molar-refractivity contribution in [1.82, 2.24) is 4.98 Å². The molecule has 0 saturated heterocycles. The zero-order chi connectivity index (χ0) is 24.5. The van der Waals surface area contributed by atoms with Crippen LogP contribution in [0.3, 0.4) is 0 Å². The summed E-state index contributed by atoms with van der Waals surface area (Å²) >= 11 is 0. The molecule has 0 fully saturated rings. The number of hydrogen-bond acceptors (Lipinski definition) is 7. The predicted octanol–water partition coefficient (Wildman–Crippen LogP) is 5.12. The van der Waals surface area contributed by atoms with Crippen molar-refractivity contribution in [2.45, 2.75) is 52.9 Å². The standard InChI is InChI=1S/C27H33NO6/c1-6-31-25(27(29)32-7-2)14-19-9-8-10-22(13-19)33-17-20-16-28-24-12-11-21(30-5)15-23(24)26(20)34-18(3)4/h8-13,15-16,18,25H,6-7,14,17H2,1-5H3. The monoisotopic (exact) mass is 467 g/mol. The molecule has 34 heavy (non-hydrogen) atoms. The molecule has 7 heteroatoms. The number of pyridine rings is 1. The molecular weight excluding hydrogens is 434 g/mol. The molecular formula is C27H33NO6. The van der Waals surface area contributed by atoms with Gasteiger partial charge in [0.1, 0.15) is 23.9 Å². The summed E-state index contributed by atoms with van der Waals surface area (Å²) in [6, 6.07) is 13.3. The van der Waals surface area contributed by atoms with Gasteiger partial charge in [-0.2, -0.15) is 0 Å². The van der Waals surface area contributed by atoms with Gasteiger partial charge in [0.25, 0.3) is 0 Å². The van der Waals surface area contributed by atoms with E-state index in [0.717, 1.165) is 33.5 Å². The van der Waals surface area contributed by atoms with Crippen molar-refractivity contribution in [1.29, 1.82) is 0 Å². The summed E-state index contributed by atoms with van der Waals surface area (Å²) in [6.45, 7) is 8.63. The molecule has 0 amide bonds. The average Bonchev–Trinajstić information content (AvgIpc) is 2.83. The van der Waals surface area contributed by atoms with Gasteiger partial charge < -0.3 is 23.7 Å². The number of ether oxygens (including phenoxy) is 5. The summed E-state index contributed by atoms with van der Waals surface area (Å²) in [5.74, 6) is 1.79. The van der Waals surface area contributed by atoms with Crippen LogP contribution in [0.5, 0.6) is 17.2 Å². The third kappa shape index (κ3) is 6.60. The smallest absolute Gasteiger partial charge is 0.335 e. The molecule has 0 aliphatic rings. The Bertz CT molecular complexity index is 1100. The van der Waals surface area contributed by atoms with E-state index in [1.807, 2.05) is 63.2 Å². The van der Waals surface area contributed by atoms with Crippen LogP contribution >= 0.6 is 0 Å². The highest BCUT2D eigenvalue weighted by atomic mass is 16.6. The second kappa shape index (κ2) is 12.2. The molecule has 0 bridgehead atoms. The summed E-state index contributed by atoms with van der Waals surface area (Å²) in [5, 5.41) is 0.872. The highest BCUT2D eigenvalue weighted by Crippen LogP contribution is 2.33. The number of methoxy groups -OCH3 is 1. The number of rotatable bonds is 12. The second-order valence-corrected chi connectivity index (χ2v) is 8.00. The molecule has 0 saturated carbocycles. The van der Waals surface area contributed by atoms with E-state index in [-0.39, 0.29) is 18.7 Å². The Balaban J connectivity index is 1.81. The van der Waals surface area contributed by atoms with Crippen LogP contribution in [-0.2, 0) is 27.3 Å². The van der Waals surface area contributed by atoms with Crippen LogP contribution in [0.15, 0.2) is 48.7 Å². The minimum absolute atomic E-state index is 0.0164. The number of aromatic nitrogens is 1. The summed E-state index contributed by atoms with van der Waals surface area (Å²) in [7, 11) is 1.63. The van der Waals surface area contributed by atoms with Gasteiger partial charge in [0.2, 0.25) is 0 Å². The molecule has 7 nitrogen and oxygen atoms in total. The molecule has 3 aromatic rings. The lowest BCUT2D eigenvalue weighted by molar-refractivity contribution is -0.156. The Kier molecular flexibility index (Phi) is 9.10. The Labute approximate surface area is 200 Å². The van der Waals surface area contributed by atoms with Crippen LogP contribution in [0.2, 0.25) is 0 Å². The van der Waals surface area contributed by atoms with E-state index in [9.17, 15) is 4.79 Å². The minimum Gasteiger partial charge on any atom is -0.497 e. The zero-order valence-electron chi connectivity index (χ0n) is 20.5. The van der Waals surface area contributed by atoms with Crippen molar-refractivity contribution in [3.8, 4) is 17.2 Å². The van der Waals surface area contributed by atoms with Crippen LogP contribution in [0.1, 0.15) is 38.8 Å². The molecule has 1 aromatic heterocycles. The highest BCUT2D eigenvalue weighted by molar-refractivity contribution is 5.87. The number of hydrogen-bond donors (Lipinski definition) is 0. The first-order chi connectivity index (χ1) is 16.4. The first-order valence-electron chi connectivity index (χ1n) is 11.6. The van der Waals surface area contributed by atoms with Crippen molar-refractivity contribution < 1.29 is 28.5 Å². The van der Waals surface area contributed by atoms with Gasteiger partial charge >= 0.3 is 5.97 Å². The van der Waals surface area contributed by atoms with Gasteiger partial charge in [-0.15, -0.1) is 0 Å². The Morgan fingerprint density at radius 2 is 1.85 bits per heavy atom. The fraction of sp³-hybridized carbons (Fsp3) is 0.407. The van der Waals surface area contributed by atoms with E-state index in [1.165, 1.54) is 0 Å². The molecule has 0 N–H and O–H groups in total. The average molecular weight is 468 g/mol. The highest BCUT2D eigenvalue weighted by Gasteiger charge is 2.21. The molecule has 1 heterocycles. The lowest BCUT2D eigenvalue weighted by Gasteiger charge is -2.18. The summed E-state index contributed by atoms with van der Waals surface area (Å²) < 4.78 is 28.4. The van der Waals surface area contributed by atoms with Gasteiger partial charge in [-0.05, 0) is 63.6 Å². The van der Waals surface area contributed by atoms with Crippen molar-refractivity contribution in [2.24, 2.45) is 0 Å². The molecule has 1 unspecified atom stereocenters. The fourth-order valence-electron chi connectivity index (χ4n) is 3.58. The maximum absolute atomic E-state index is 12.2. The number of benzene rings is 2. The lowest BCUT2D eigenvalue weighted by atomic mass is 10.1. The number of carbonyl (C=O) groups is 1. The van der Waals surface area contributed by atoms with E-state index in [4.69, 9.17) is 23.7 Å². The molecule has 0 aliphatic heterocycles. The largest absolute Gasteiger partial charge is 0.497 e. The predicted molar refractivity (Wildman–Crippen MR) is 131 cm³/mol. The van der Waals surface area contributed by atoms with Gasteiger partial charge in [0.05, 0.1) is 30.9 Å². The normalized spacial score (nSPS) is 11.9. The summed E-state index contributed by atoms with van der Waals surface area (Å²) in [4.78, 5) is 16.8. The summed E-state index contributed by atoms with van der Waals surface area (Å²) in [6.07, 6.45) is 1.52. The van der Waals surface area contributed by atoms with Crippen LogP contribution in [0, 0.1) is 0 Å². The third-order valence-corrected chi connectivity index (χ3v) is 5.08. The first kappa shape index (κ1) is 25.3. The van der Waals surface area contributed by atoms with Crippen LogP contribution < -0.4 is 14.2 Å². The SMILES string of the molecule is CCOC(=O)C(Cc1cccc(OCc2cnc3ccc(OC)cc3c2OC(C)C)c1)OCC. The first-order valence-corrected chi connectivity index (χ1v) is 11.6. The van der Waals surface area contributed by atoms with Gasteiger partial charge in [-0.3, -0.25) is 4.98 Å². The van der Waals surface area contributed by atoms with E-state index in [2.05, 4.69) is 4.98 Å². The van der Waals surface area contributed by atoms with Crippen LogP contribution in [0.4, 0.5) is 0 Å². The number of esters is 1. The Morgan fingerprint density at radius 1 is 1.03 bits per heavy atom. The Hall–Kier alpha value is -3.32. The Morgan fingerprint density at radius 3 is 2.56 bits per heavy atom. The van der Waals surface area contributed by atoms with Crippen molar-refractivity contribution in [2.75, 3.05) is 20.3 Å². The zero-order valence-corrected chi connectivity index (χ0v) is 20.5. The van der Waals surface area contributed by atoms with Crippen LogP contribution in [-0.4, -0.2) is 43.5 Å². The molecule has 2 aromatic carbocycles. The van der Waals surface area contributed by atoms with E-state index in [1.54, 1.807) is 20.2 Å². The number of nitrogens with zero attached hydrogens (tertiary/aromatic N) is 1. The van der Waals surface area contributed by atoms with Gasteiger partial charge in [-0.1, -0.05) is 12.1 Å². The van der Waals surface area contributed by atoms with Gasteiger partial charge in [0, 0.05) is 24.6 Å². The molecule has 0 spiro atoms. The number of carbonyl (C=O) groups excluding carboxylic acids is 1. The van der Waals surface area contributed by atoms with Gasteiger partial charge in [0.15, 0.2) is 6.10 Å². The molecule has 182 valence electrons. The molecule has 0 radical (unpaired) electrons. The van der Waals surface area contributed by atoms with Gasteiger partial charge in [-0.25, -0.2) is 4.79 Å². The molecule has 0 aliphatic carbocycles. The van der Waals surface area contributed by atoms with E-state index >= 15 is 0 Å². The topological polar surface area (TPSA) is 76.1 Å². The van der Waals surface area contributed by atoms with Crippen molar-refractivity contribution in [3.63, 3.8) is 0 Å². The van der Waals surface area contributed by atoms with Crippen LogP contribution in [0.25, 0.3) is 10.9 Å².